The van der Waals surface area contributed by atoms with Crippen molar-refractivity contribution in [3.8, 4) is 24.7 Å². The maximum absolute atomic E-state index is 5.53. The molecule has 2 heteroatoms. The molecule has 2 fully saturated rings. The summed E-state index contributed by atoms with van der Waals surface area (Å²) in [5.74, 6) is 7.79. The predicted octanol–water partition coefficient (Wildman–Crippen LogP) is 4.31. The van der Waals surface area contributed by atoms with Gasteiger partial charge in [-0.05, 0) is 50.4 Å². The fourth-order valence-corrected chi connectivity index (χ4v) is 3.58. The number of hydrogen-bond acceptors (Lipinski definition) is 2. The molecule has 0 saturated heterocycles. The molecular formula is C18H26N2. The van der Waals surface area contributed by atoms with Crippen molar-refractivity contribution in [2.24, 2.45) is 33.9 Å². The number of nitrogens with zero attached hydrogens (tertiary/aromatic N) is 2. The van der Waals surface area contributed by atoms with Crippen LogP contribution in [0.15, 0.2) is 10.2 Å². The molecular weight excluding hydrogens is 244 g/mol. The van der Waals surface area contributed by atoms with Gasteiger partial charge in [0.2, 0.25) is 0 Å². The van der Waals surface area contributed by atoms with E-state index in [2.05, 4.69) is 35.9 Å². The first-order valence-electron chi connectivity index (χ1n) is 7.96. The topological polar surface area (TPSA) is 24.7 Å². The Hall–Kier alpha value is -1.28. The molecule has 0 aromatic rings. The molecule has 0 aliphatic heterocycles. The van der Waals surface area contributed by atoms with Gasteiger partial charge in [-0.15, -0.1) is 24.7 Å². The highest BCUT2D eigenvalue weighted by Crippen LogP contribution is 2.33. The van der Waals surface area contributed by atoms with Crippen molar-refractivity contribution in [3.05, 3.63) is 0 Å². The van der Waals surface area contributed by atoms with Crippen LogP contribution in [-0.2, 0) is 0 Å². The van der Waals surface area contributed by atoms with Crippen LogP contribution in [0.5, 0.6) is 0 Å². The van der Waals surface area contributed by atoms with Crippen LogP contribution in [-0.4, -0.2) is 12.1 Å². The Labute approximate surface area is 123 Å². The number of rotatable bonds is 2. The lowest BCUT2D eigenvalue weighted by Crippen LogP contribution is -2.27. The minimum Gasteiger partial charge on any atom is -0.190 e. The van der Waals surface area contributed by atoms with E-state index >= 15 is 0 Å². The highest BCUT2D eigenvalue weighted by Gasteiger charge is 2.29. The van der Waals surface area contributed by atoms with Gasteiger partial charge >= 0.3 is 0 Å². The van der Waals surface area contributed by atoms with Gasteiger partial charge in [0.05, 0.1) is 12.1 Å². The highest BCUT2D eigenvalue weighted by atomic mass is 15.1. The summed E-state index contributed by atoms with van der Waals surface area (Å²) in [5.41, 5.74) is 0. The molecule has 0 aromatic heterocycles. The molecule has 0 N–H and O–H groups in total. The van der Waals surface area contributed by atoms with Crippen LogP contribution in [0.1, 0.15) is 52.4 Å². The molecule has 2 aliphatic carbocycles. The summed E-state index contributed by atoms with van der Waals surface area (Å²) in [5, 5.41) is 9.33. The largest absolute Gasteiger partial charge is 0.190 e. The maximum Gasteiger partial charge on any atom is 0.0734 e. The third-order valence-electron chi connectivity index (χ3n) is 5.08. The first-order chi connectivity index (χ1) is 9.63. The standard InChI is InChI=1S/C18H26N2/c1-5-15-7-9-17(13(3)11-15)19-20-18-10-8-16(6-2)12-14(18)4/h1-2,13-18H,7-12H2,3-4H3. The van der Waals surface area contributed by atoms with Crippen LogP contribution in [0.3, 0.4) is 0 Å². The Morgan fingerprint density at radius 2 is 1.15 bits per heavy atom. The smallest absolute Gasteiger partial charge is 0.0734 e. The Morgan fingerprint density at radius 1 is 0.750 bits per heavy atom. The predicted molar refractivity (Wildman–Crippen MR) is 83.1 cm³/mol. The third kappa shape index (κ3) is 3.63. The van der Waals surface area contributed by atoms with E-state index in [9.17, 15) is 0 Å². The van der Waals surface area contributed by atoms with Crippen molar-refractivity contribution in [1.29, 1.82) is 0 Å². The molecule has 0 heterocycles. The number of azo groups is 1. The zero-order valence-electron chi connectivity index (χ0n) is 12.8. The SMILES string of the molecule is C#CC1CCC(N=NC2CCC(C#C)CC2C)C(C)C1. The number of hydrogen-bond donors (Lipinski definition) is 0. The quantitative estimate of drug-likeness (QED) is 0.527. The molecule has 0 aromatic carbocycles. The third-order valence-corrected chi connectivity index (χ3v) is 5.08. The van der Waals surface area contributed by atoms with E-state index < -0.39 is 0 Å². The first kappa shape index (κ1) is 15.1. The van der Waals surface area contributed by atoms with Crippen molar-refractivity contribution in [1.82, 2.24) is 0 Å². The molecule has 6 unspecified atom stereocenters. The number of terminal acetylenes is 2. The molecule has 2 aliphatic rings. The summed E-state index contributed by atoms with van der Waals surface area (Å²) in [6.07, 6.45) is 17.6. The highest BCUT2D eigenvalue weighted by molar-refractivity contribution is 4.99. The molecule has 0 spiro atoms. The van der Waals surface area contributed by atoms with Crippen LogP contribution in [0, 0.1) is 48.4 Å². The van der Waals surface area contributed by atoms with Crippen molar-refractivity contribution in [2.75, 3.05) is 0 Å². The Morgan fingerprint density at radius 3 is 1.45 bits per heavy atom. The summed E-state index contributed by atoms with van der Waals surface area (Å²) < 4.78 is 0. The lowest BCUT2D eigenvalue weighted by atomic mass is 9.79. The van der Waals surface area contributed by atoms with Gasteiger partial charge in [0, 0.05) is 11.8 Å². The molecule has 2 nitrogen and oxygen atoms in total. The van der Waals surface area contributed by atoms with Crippen molar-refractivity contribution < 1.29 is 0 Å². The summed E-state index contributed by atoms with van der Waals surface area (Å²) in [6.45, 7) is 4.51. The van der Waals surface area contributed by atoms with E-state index in [1.807, 2.05) is 0 Å². The van der Waals surface area contributed by atoms with Crippen molar-refractivity contribution >= 4 is 0 Å². The van der Waals surface area contributed by atoms with Gasteiger partial charge in [-0.1, -0.05) is 13.8 Å². The van der Waals surface area contributed by atoms with Crippen molar-refractivity contribution in [2.45, 2.75) is 64.5 Å². The van der Waals surface area contributed by atoms with E-state index in [1.54, 1.807) is 0 Å². The van der Waals surface area contributed by atoms with Gasteiger partial charge in [0.1, 0.15) is 0 Å². The lowest BCUT2D eigenvalue weighted by molar-refractivity contribution is 0.255. The zero-order chi connectivity index (χ0) is 14.5. The molecule has 2 rings (SSSR count). The van der Waals surface area contributed by atoms with Crippen LogP contribution >= 0.6 is 0 Å². The van der Waals surface area contributed by atoms with Gasteiger partial charge in [-0.25, -0.2) is 0 Å². The van der Waals surface area contributed by atoms with Crippen LogP contribution < -0.4 is 0 Å². The molecule has 108 valence electrons. The van der Waals surface area contributed by atoms with E-state index in [4.69, 9.17) is 12.8 Å². The molecule has 0 amide bonds. The van der Waals surface area contributed by atoms with E-state index in [1.165, 1.54) is 0 Å². The average molecular weight is 270 g/mol. The molecule has 0 radical (unpaired) electrons. The van der Waals surface area contributed by atoms with Gasteiger partial charge in [-0.2, -0.15) is 10.2 Å². The van der Waals surface area contributed by atoms with Crippen LogP contribution in [0.2, 0.25) is 0 Å². The van der Waals surface area contributed by atoms with E-state index in [-0.39, 0.29) is 0 Å². The molecule has 6 atom stereocenters. The average Bonchev–Trinajstić information content (AvgIpc) is 2.46. The second-order valence-corrected chi connectivity index (χ2v) is 6.67. The van der Waals surface area contributed by atoms with E-state index in [0.29, 0.717) is 35.8 Å². The zero-order valence-corrected chi connectivity index (χ0v) is 12.8. The molecule has 2 saturated carbocycles. The summed E-state index contributed by atoms with van der Waals surface area (Å²) in [7, 11) is 0. The van der Waals surface area contributed by atoms with Gasteiger partial charge in [-0.3, -0.25) is 0 Å². The molecule has 20 heavy (non-hydrogen) atoms. The van der Waals surface area contributed by atoms with Crippen LogP contribution in [0.4, 0.5) is 0 Å². The van der Waals surface area contributed by atoms with Gasteiger partial charge in [0.25, 0.3) is 0 Å². The fraction of sp³-hybridized carbons (Fsp3) is 0.778. The summed E-state index contributed by atoms with van der Waals surface area (Å²) in [6, 6.07) is 0.745. The lowest BCUT2D eigenvalue weighted by Gasteiger charge is -2.31. The summed E-state index contributed by atoms with van der Waals surface area (Å²) in [4.78, 5) is 0. The van der Waals surface area contributed by atoms with Crippen LogP contribution in [0.25, 0.3) is 0 Å². The fourth-order valence-electron chi connectivity index (χ4n) is 3.58. The summed E-state index contributed by atoms with van der Waals surface area (Å²) >= 11 is 0. The minimum absolute atomic E-state index is 0.372. The van der Waals surface area contributed by atoms with Gasteiger partial charge in [0.15, 0.2) is 0 Å². The molecule has 0 bridgehead atoms. The van der Waals surface area contributed by atoms with Crippen molar-refractivity contribution in [3.63, 3.8) is 0 Å². The first-order valence-corrected chi connectivity index (χ1v) is 7.96. The second-order valence-electron chi connectivity index (χ2n) is 6.67. The Bertz CT molecular complexity index is 386. The minimum atomic E-state index is 0.372. The van der Waals surface area contributed by atoms with Gasteiger partial charge < -0.3 is 0 Å². The normalized spacial score (nSPS) is 42.0. The monoisotopic (exact) mass is 270 g/mol. The maximum atomic E-state index is 5.53. The Balaban J connectivity index is 1.87. The second kappa shape index (κ2) is 6.94. The van der Waals surface area contributed by atoms with E-state index in [0.717, 1.165) is 38.5 Å². The Kier molecular flexibility index (Phi) is 5.24.